The van der Waals surface area contributed by atoms with Gasteiger partial charge in [-0.3, -0.25) is 0 Å². The van der Waals surface area contributed by atoms with Crippen LogP contribution in [0.3, 0.4) is 0 Å². The summed E-state index contributed by atoms with van der Waals surface area (Å²) < 4.78 is 9.61. The molecule has 69 heavy (non-hydrogen) atoms. The highest BCUT2D eigenvalue weighted by atomic mass is 16.3. The summed E-state index contributed by atoms with van der Waals surface area (Å²) in [6.07, 6.45) is 3.05. The van der Waals surface area contributed by atoms with E-state index in [2.05, 4.69) is 236 Å². The molecule has 0 spiro atoms. The third kappa shape index (κ3) is 6.44. The third-order valence-corrected chi connectivity index (χ3v) is 14.4. The standard InChI is InChI=1S/C65H43N3O/c1-40-26-33-58(45-29-27-42(28-30-45)41-14-3-2-4-15-41)66-65(53-25-13-22-43-16-9-11-23-51(43)53)67-63(40)57-38-50(39-61-62(57)54-32-31-44-17-10-12-24-52(44)64(54)69-61)68-59-36-48-20-7-5-18-46(48)34-55(59)56-35-47-19-6-8-21-49(47)37-60(56)68/h2-25,27-40H,26H2,1H3/b58-33+,66-65-,67-63+. The Bertz CT molecular complexity index is 4240. The summed E-state index contributed by atoms with van der Waals surface area (Å²) in [6.45, 7) is 2.31. The van der Waals surface area contributed by atoms with Gasteiger partial charge in [0, 0.05) is 50.0 Å². The number of allylic oxidation sites excluding steroid dienone is 1. The average molecular weight is 882 g/mol. The molecule has 3 heterocycles. The van der Waals surface area contributed by atoms with Gasteiger partial charge in [-0.15, -0.1) is 0 Å². The maximum absolute atomic E-state index is 7.17. The van der Waals surface area contributed by atoms with Gasteiger partial charge in [0.25, 0.3) is 0 Å². The Morgan fingerprint density at radius 2 is 1.00 bits per heavy atom. The van der Waals surface area contributed by atoms with E-state index in [0.717, 1.165) is 94.7 Å². The minimum absolute atomic E-state index is 0.000961. The molecule has 0 amide bonds. The van der Waals surface area contributed by atoms with E-state index in [4.69, 9.17) is 14.4 Å². The smallest absolute Gasteiger partial charge is 0.160 e. The van der Waals surface area contributed by atoms with Crippen molar-refractivity contribution in [2.24, 2.45) is 15.9 Å². The summed E-state index contributed by atoms with van der Waals surface area (Å²) in [6, 6.07) is 78.7. The lowest BCUT2D eigenvalue weighted by Crippen LogP contribution is -2.18. The quantitative estimate of drug-likeness (QED) is 0.170. The number of benzene rings is 11. The van der Waals surface area contributed by atoms with Gasteiger partial charge in [0.1, 0.15) is 11.2 Å². The number of amidine groups is 1. The zero-order valence-electron chi connectivity index (χ0n) is 37.9. The van der Waals surface area contributed by atoms with Crippen molar-refractivity contribution in [3.63, 3.8) is 0 Å². The summed E-state index contributed by atoms with van der Waals surface area (Å²) in [4.78, 5) is 11.4. The van der Waals surface area contributed by atoms with E-state index in [1.807, 2.05) is 0 Å². The van der Waals surface area contributed by atoms with Gasteiger partial charge < -0.3 is 8.98 Å². The van der Waals surface area contributed by atoms with E-state index in [1.165, 1.54) is 43.4 Å². The second-order valence-electron chi connectivity index (χ2n) is 18.5. The molecule has 0 N–H and O–H groups in total. The van der Waals surface area contributed by atoms with Crippen LogP contribution in [0.15, 0.2) is 239 Å². The number of nitrogens with zero attached hydrogens (tertiary/aromatic N) is 3. The molecule has 1 aliphatic heterocycles. The lowest BCUT2D eigenvalue weighted by molar-refractivity contribution is 0.672. The van der Waals surface area contributed by atoms with E-state index in [-0.39, 0.29) is 5.92 Å². The van der Waals surface area contributed by atoms with Crippen molar-refractivity contribution in [2.45, 2.75) is 13.3 Å². The fourth-order valence-corrected chi connectivity index (χ4v) is 10.9. The molecule has 0 radical (unpaired) electrons. The molecule has 0 saturated heterocycles. The number of furan rings is 1. The van der Waals surface area contributed by atoms with Gasteiger partial charge in [-0.1, -0.05) is 189 Å². The molecule has 324 valence electrons. The van der Waals surface area contributed by atoms with Gasteiger partial charge in [-0.2, -0.15) is 0 Å². The summed E-state index contributed by atoms with van der Waals surface area (Å²) in [5.41, 5.74) is 12.3. The largest absolute Gasteiger partial charge is 0.455 e. The first-order valence-electron chi connectivity index (χ1n) is 23.9. The van der Waals surface area contributed by atoms with E-state index >= 15 is 0 Å². The van der Waals surface area contributed by atoms with Crippen molar-refractivity contribution < 1.29 is 4.42 Å². The van der Waals surface area contributed by atoms with Crippen LogP contribution in [-0.2, 0) is 0 Å². The molecule has 0 aliphatic carbocycles. The van der Waals surface area contributed by atoms with Gasteiger partial charge in [-0.05, 0) is 97.2 Å². The van der Waals surface area contributed by atoms with Crippen molar-refractivity contribution in [3.8, 4) is 16.8 Å². The van der Waals surface area contributed by atoms with Crippen molar-refractivity contribution in [1.82, 2.24) is 4.57 Å². The van der Waals surface area contributed by atoms with Gasteiger partial charge in [0.05, 0.1) is 28.1 Å². The first-order chi connectivity index (χ1) is 34.1. The summed E-state index contributed by atoms with van der Waals surface area (Å²) in [5, 5.41) is 13.9. The van der Waals surface area contributed by atoms with Crippen LogP contribution < -0.4 is 0 Å². The molecule has 0 saturated carbocycles. The number of aromatic nitrogens is 1. The second kappa shape index (κ2) is 15.6. The van der Waals surface area contributed by atoms with Gasteiger partial charge in [-0.25, -0.2) is 9.98 Å². The summed E-state index contributed by atoms with van der Waals surface area (Å²) in [5.74, 6) is 0.678. The normalized spacial score (nSPS) is 16.8. The Morgan fingerprint density at radius 3 is 1.70 bits per heavy atom. The number of hydrogen-bond donors (Lipinski definition) is 0. The molecule has 4 nitrogen and oxygen atoms in total. The van der Waals surface area contributed by atoms with E-state index in [1.54, 1.807) is 0 Å². The molecule has 4 heteroatoms. The first kappa shape index (κ1) is 39.3. The monoisotopic (exact) mass is 881 g/mol. The highest BCUT2D eigenvalue weighted by Gasteiger charge is 2.26. The van der Waals surface area contributed by atoms with Gasteiger partial charge in [0.2, 0.25) is 0 Å². The maximum atomic E-state index is 7.17. The first-order valence-corrected chi connectivity index (χ1v) is 23.9. The Kier molecular flexibility index (Phi) is 8.90. The minimum atomic E-state index is -0.000961. The van der Waals surface area contributed by atoms with Crippen LogP contribution in [0.4, 0.5) is 0 Å². The van der Waals surface area contributed by atoms with Crippen molar-refractivity contribution in [2.75, 3.05) is 0 Å². The molecule has 0 bridgehead atoms. The van der Waals surface area contributed by atoms with Crippen LogP contribution in [0.2, 0.25) is 0 Å². The lowest BCUT2D eigenvalue weighted by Gasteiger charge is -2.21. The van der Waals surface area contributed by atoms with Crippen LogP contribution in [0.25, 0.3) is 109 Å². The third-order valence-electron chi connectivity index (χ3n) is 14.4. The zero-order valence-corrected chi connectivity index (χ0v) is 37.9. The molecular weight excluding hydrogens is 839 g/mol. The molecule has 2 aromatic heterocycles. The van der Waals surface area contributed by atoms with Gasteiger partial charge >= 0.3 is 0 Å². The SMILES string of the molecule is CC1C/C=C(c2ccc(-c3ccccc3)cc2)/N=C(c2cccc3ccccc23)\N=C/1c1cc(-n2c3cc4ccccc4cc3c3cc4ccccc4cc32)cc2oc3c4ccccc4ccc3c12. The van der Waals surface area contributed by atoms with Crippen LogP contribution in [0.1, 0.15) is 30.0 Å². The Morgan fingerprint density at radius 1 is 0.435 bits per heavy atom. The van der Waals surface area contributed by atoms with Crippen LogP contribution >= 0.6 is 0 Å². The molecule has 13 aromatic rings. The van der Waals surface area contributed by atoms with Crippen molar-refractivity contribution >= 4 is 104 Å². The summed E-state index contributed by atoms with van der Waals surface area (Å²) >= 11 is 0. The molecule has 1 atom stereocenters. The van der Waals surface area contributed by atoms with Crippen LogP contribution in [-0.4, -0.2) is 16.1 Å². The fourth-order valence-electron chi connectivity index (χ4n) is 10.9. The Labute approximate surface area is 398 Å². The molecule has 0 fully saturated rings. The molecule has 14 rings (SSSR count). The maximum Gasteiger partial charge on any atom is 0.160 e. The Hall–Kier alpha value is -8.86. The predicted molar refractivity (Wildman–Crippen MR) is 291 cm³/mol. The minimum Gasteiger partial charge on any atom is -0.455 e. The lowest BCUT2D eigenvalue weighted by atomic mass is 9.90. The molecule has 11 aromatic carbocycles. The van der Waals surface area contributed by atoms with Crippen molar-refractivity contribution in [3.05, 3.63) is 241 Å². The number of hydrogen-bond acceptors (Lipinski definition) is 3. The van der Waals surface area contributed by atoms with E-state index in [0.29, 0.717) is 5.84 Å². The molecule has 1 unspecified atom stereocenters. The van der Waals surface area contributed by atoms with Gasteiger partial charge in [0.15, 0.2) is 5.84 Å². The van der Waals surface area contributed by atoms with E-state index in [9.17, 15) is 0 Å². The summed E-state index contributed by atoms with van der Waals surface area (Å²) in [7, 11) is 0. The highest BCUT2D eigenvalue weighted by molar-refractivity contribution is 6.27. The highest BCUT2D eigenvalue weighted by Crippen LogP contribution is 2.43. The van der Waals surface area contributed by atoms with Crippen molar-refractivity contribution in [1.29, 1.82) is 0 Å². The Balaban J connectivity index is 1.06. The molecular formula is C65H43N3O. The van der Waals surface area contributed by atoms with Crippen LogP contribution in [0, 0.1) is 5.92 Å². The zero-order chi connectivity index (χ0) is 45.6. The van der Waals surface area contributed by atoms with E-state index < -0.39 is 0 Å². The molecule has 1 aliphatic rings. The topological polar surface area (TPSA) is 42.8 Å². The second-order valence-corrected chi connectivity index (χ2v) is 18.5. The number of rotatable bonds is 5. The number of fused-ring (bicyclic) bond motifs is 11. The van der Waals surface area contributed by atoms with Crippen LogP contribution in [0.5, 0.6) is 0 Å². The fraction of sp³-hybridized carbons (Fsp3) is 0.0462. The predicted octanol–water partition coefficient (Wildman–Crippen LogP) is 17.3. The average Bonchev–Trinajstić information content (AvgIpc) is 3.93. The number of aliphatic imine (C=N–C) groups is 2.